The maximum Gasteiger partial charge on any atom is 0.312 e. The number of amides is 2. The van der Waals surface area contributed by atoms with Gasteiger partial charge in [0.15, 0.2) is 0 Å². The lowest BCUT2D eigenvalue weighted by Gasteiger charge is -2.08. The third-order valence-electron chi connectivity index (χ3n) is 4.40. The van der Waals surface area contributed by atoms with Gasteiger partial charge in [0.2, 0.25) is 0 Å². The van der Waals surface area contributed by atoms with Crippen LogP contribution in [0.15, 0.2) is 54.6 Å². The fraction of sp³-hybridized carbons (Fsp3) is 0.150. The molecule has 2 aromatic carbocycles. The topological polar surface area (TPSA) is 119 Å². The summed E-state index contributed by atoms with van der Waals surface area (Å²) >= 11 is 0. The molecule has 148 valence electrons. The van der Waals surface area contributed by atoms with Crippen LogP contribution in [0, 0.1) is 24.0 Å². The summed E-state index contributed by atoms with van der Waals surface area (Å²) in [4.78, 5) is 34.8. The van der Waals surface area contributed by atoms with E-state index in [1.165, 1.54) is 0 Å². The number of rotatable bonds is 5. The molecular formula is C20H19N5O4. The predicted octanol–water partition coefficient (Wildman–Crippen LogP) is 2.53. The molecule has 29 heavy (non-hydrogen) atoms. The van der Waals surface area contributed by atoms with Gasteiger partial charge in [-0.1, -0.05) is 30.3 Å². The molecular weight excluding hydrogens is 374 g/mol. The summed E-state index contributed by atoms with van der Waals surface area (Å²) < 4.78 is 1.56. The van der Waals surface area contributed by atoms with Crippen molar-refractivity contribution >= 4 is 17.5 Å². The molecule has 3 rings (SSSR count). The predicted molar refractivity (Wildman–Crippen MR) is 105 cm³/mol. The zero-order valence-electron chi connectivity index (χ0n) is 15.9. The van der Waals surface area contributed by atoms with Crippen molar-refractivity contribution in [1.29, 1.82) is 0 Å². The molecule has 1 aromatic heterocycles. The largest absolute Gasteiger partial charge is 0.312 e. The number of carbonyl (C=O) groups is 2. The van der Waals surface area contributed by atoms with Crippen molar-refractivity contribution in [3.8, 4) is 0 Å². The summed E-state index contributed by atoms with van der Waals surface area (Å²) in [5.41, 5.74) is 7.19. The molecule has 0 saturated carbocycles. The Morgan fingerprint density at radius 3 is 2.03 bits per heavy atom. The molecule has 3 aromatic rings. The smallest absolute Gasteiger partial charge is 0.267 e. The Labute approximate surface area is 166 Å². The first kappa shape index (κ1) is 19.7. The summed E-state index contributed by atoms with van der Waals surface area (Å²) in [5, 5.41) is 15.3. The monoisotopic (exact) mass is 393 g/mol. The third-order valence-corrected chi connectivity index (χ3v) is 4.40. The molecule has 9 nitrogen and oxygen atoms in total. The Bertz CT molecular complexity index is 1060. The van der Waals surface area contributed by atoms with Crippen molar-refractivity contribution < 1.29 is 14.5 Å². The lowest BCUT2D eigenvalue weighted by molar-refractivity contribution is -0.386. The molecule has 0 atom stereocenters. The third kappa shape index (κ3) is 4.46. The number of aryl methyl sites for hydroxylation is 1. The van der Waals surface area contributed by atoms with Crippen LogP contribution in [0.25, 0.3) is 0 Å². The van der Waals surface area contributed by atoms with Crippen molar-refractivity contribution in [1.82, 2.24) is 20.6 Å². The molecule has 1 heterocycles. The minimum absolute atomic E-state index is 0.00940. The van der Waals surface area contributed by atoms with Crippen LogP contribution in [-0.4, -0.2) is 26.5 Å². The minimum atomic E-state index is -0.456. The number of nitro groups is 1. The number of carbonyl (C=O) groups excluding carboxylic acids is 2. The van der Waals surface area contributed by atoms with Gasteiger partial charge in [-0.2, -0.15) is 5.10 Å². The van der Waals surface area contributed by atoms with Gasteiger partial charge in [0.05, 0.1) is 11.5 Å². The van der Waals surface area contributed by atoms with Gasteiger partial charge >= 0.3 is 5.69 Å². The molecule has 0 aliphatic heterocycles. The molecule has 0 fully saturated rings. The number of hydrogen-bond donors (Lipinski definition) is 2. The van der Waals surface area contributed by atoms with Crippen LogP contribution in [-0.2, 0) is 6.54 Å². The van der Waals surface area contributed by atoms with Crippen molar-refractivity contribution in [3.05, 3.63) is 92.8 Å². The van der Waals surface area contributed by atoms with Crippen LogP contribution < -0.4 is 10.9 Å². The second-order valence-corrected chi connectivity index (χ2v) is 6.41. The van der Waals surface area contributed by atoms with Crippen LogP contribution in [0.1, 0.15) is 37.7 Å². The van der Waals surface area contributed by atoms with Crippen molar-refractivity contribution in [2.24, 2.45) is 0 Å². The van der Waals surface area contributed by atoms with E-state index in [1.54, 1.807) is 73.1 Å². The van der Waals surface area contributed by atoms with Gasteiger partial charge in [-0.25, -0.2) is 0 Å². The van der Waals surface area contributed by atoms with Crippen molar-refractivity contribution in [2.45, 2.75) is 20.4 Å². The first-order chi connectivity index (χ1) is 13.9. The van der Waals surface area contributed by atoms with Crippen LogP contribution >= 0.6 is 0 Å². The molecule has 0 aliphatic rings. The lowest BCUT2D eigenvalue weighted by atomic mass is 10.1. The molecule has 9 heteroatoms. The Balaban J connectivity index is 1.63. The first-order valence-corrected chi connectivity index (χ1v) is 8.80. The summed E-state index contributed by atoms with van der Waals surface area (Å²) in [5.74, 6) is -0.871. The molecule has 0 saturated heterocycles. The Morgan fingerprint density at radius 1 is 0.966 bits per heavy atom. The van der Waals surface area contributed by atoms with E-state index in [-0.39, 0.29) is 5.69 Å². The minimum Gasteiger partial charge on any atom is -0.267 e. The maximum absolute atomic E-state index is 12.2. The van der Waals surface area contributed by atoms with Crippen LogP contribution in [0.3, 0.4) is 0 Å². The molecule has 0 bridgehead atoms. The van der Waals surface area contributed by atoms with E-state index in [0.717, 1.165) is 5.56 Å². The Kier molecular flexibility index (Phi) is 5.68. The number of aromatic nitrogens is 2. The average molecular weight is 393 g/mol. The number of benzene rings is 2. The van der Waals surface area contributed by atoms with Crippen molar-refractivity contribution in [2.75, 3.05) is 0 Å². The Hall–Kier alpha value is -4.01. The van der Waals surface area contributed by atoms with Crippen LogP contribution in [0.4, 0.5) is 5.69 Å². The van der Waals surface area contributed by atoms with E-state index in [2.05, 4.69) is 16.0 Å². The number of hydrogen-bond acceptors (Lipinski definition) is 5. The van der Waals surface area contributed by atoms with Gasteiger partial charge < -0.3 is 0 Å². The fourth-order valence-electron chi connectivity index (χ4n) is 2.89. The number of hydrazine groups is 1. The number of nitrogens with one attached hydrogen (secondary N) is 2. The molecule has 2 amide bonds. The van der Waals surface area contributed by atoms with Gasteiger partial charge in [-0.05, 0) is 43.7 Å². The average Bonchev–Trinajstić information content (AvgIpc) is 3.00. The van der Waals surface area contributed by atoms with E-state index in [0.29, 0.717) is 29.1 Å². The summed E-state index contributed by atoms with van der Waals surface area (Å²) in [6.45, 7) is 3.58. The second kappa shape index (κ2) is 8.34. The first-order valence-electron chi connectivity index (χ1n) is 8.80. The van der Waals surface area contributed by atoms with E-state index in [1.807, 2.05) is 0 Å². The highest BCUT2D eigenvalue weighted by Crippen LogP contribution is 2.22. The normalized spacial score (nSPS) is 10.4. The fourth-order valence-corrected chi connectivity index (χ4v) is 2.89. The zero-order chi connectivity index (χ0) is 21.0. The van der Waals surface area contributed by atoms with Gasteiger partial charge in [0, 0.05) is 11.1 Å². The summed E-state index contributed by atoms with van der Waals surface area (Å²) in [6, 6.07) is 15.2. The van der Waals surface area contributed by atoms with Crippen LogP contribution in [0.2, 0.25) is 0 Å². The molecule has 0 aliphatic carbocycles. The molecule has 2 N–H and O–H groups in total. The van der Waals surface area contributed by atoms with Gasteiger partial charge in [0.25, 0.3) is 11.8 Å². The van der Waals surface area contributed by atoms with Crippen LogP contribution in [0.5, 0.6) is 0 Å². The van der Waals surface area contributed by atoms with Gasteiger partial charge in [-0.3, -0.25) is 35.2 Å². The number of nitrogens with zero attached hydrogens (tertiary/aromatic N) is 3. The quantitative estimate of drug-likeness (QED) is 0.510. The highest BCUT2D eigenvalue weighted by Gasteiger charge is 2.21. The molecule has 0 unspecified atom stereocenters. The SMILES string of the molecule is Cc1nn(Cc2ccc(C(=O)NNC(=O)c3ccccc3)cc2)c(C)c1[N+](=O)[O-]. The highest BCUT2D eigenvalue weighted by molar-refractivity contribution is 5.99. The molecule has 0 spiro atoms. The van der Waals surface area contributed by atoms with Gasteiger partial charge in [-0.15, -0.1) is 0 Å². The van der Waals surface area contributed by atoms with E-state index < -0.39 is 16.7 Å². The molecule has 0 radical (unpaired) electrons. The van der Waals surface area contributed by atoms with E-state index in [4.69, 9.17) is 0 Å². The summed E-state index contributed by atoms with van der Waals surface area (Å²) in [6.07, 6.45) is 0. The summed E-state index contributed by atoms with van der Waals surface area (Å²) in [7, 11) is 0. The second-order valence-electron chi connectivity index (χ2n) is 6.41. The maximum atomic E-state index is 12.2. The van der Waals surface area contributed by atoms with E-state index in [9.17, 15) is 19.7 Å². The zero-order valence-corrected chi connectivity index (χ0v) is 15.9. The van der Waals surface area contributed by atoms with E-state index >= 15 is 0 Å². The Morgan fingerprint density at radius 2 is 1.52 bits per heavy atom. The lowest BCUT2D eigenvalue weighted by Crippen LogP contribution is -2.41. The standard InChI is InChI=1S/C20H19N5O4/c1-13-18(25(28)29)14(2)24(23-13)12-15-8-10-17(11-9-15)20(27)22-21-19(26)16-6-4-3-5-7-16/h3-11H,12H2,1-2H3,(H,21,26)(H,22,27). The van der Waals surface area contributed by atoms with Crippen molar-refractivity contribution in [3.63, 3.8) is 0 Å². The highest BCUT2D eigenvalue weighted by atomic mass is 16.6. The van der Waals surface area contributed by atoms with Gasteiger partial charge in [0.1, 0.15) is 11.4 Å².